The molecule has 3 nitrogen and oxygen atoms in total. The average molecular weight is 263 g/mol. The van der Waals surface area contributed by atoms with Gasteiger partial charge in [-0.15, -0.1) is 0 Å². The summed E-state index contributed by atoms with van der Waals surface area (Å²) in [5.41, 5.74) is -0.689. The van der Waals surface area contributed by atoms with Crippen LogP contribution in [-0.2, 0) is 5.60 Å². The molecule has 0 aliphatic carbocycles. The van der Waals surface area contributed by atoms with Gasteiger partial charge in [-0.25, -0.2) is 0 Å². The van der Waals surface area contributed by atoms with Crippen LogP contribution in [0, 0.1) is 0 Å². The summed E-state index contributed by atoms with van der Waals surface area (Å²) < 4.78 is 36.1. The SMILES string of the molecule is CC(O)(CNCC(O)C(F)(F)F)c1ccccc1. The lowest BCUT2D eigenvalue weighted by Crippen LogP contribution is -2.43. The fourth-order valence-electron chi connectivity index (χ4n) is 1.47. The van der Waals surface area contributed by atoms with Crippen molar-refractivity contribution in [3.8, 4) is 0 Å². The molecule has 0 aromatic heterocycles. The Morgan fingerprint density at radius 2 is 1.78 bits per heavy atom. The third kappa shape index (κ3) is 4.29. The van der Waals surface area contributed by atoms with Gasteiger partial charge >= 0.3 is 6.18 Å². The highest BCUT2D eigenvalue weighted by Crippen LogP contribution is 2.21. The van der Waals surface area contributed by atoms with Gasteiger partial charge in [0.15, 0.2) is 6.10 Å². The molecular formula is C12H16F3NO2. The normalized spacial score (nSPS) is 17.2. The first-order valence-corrected chi connectivity index (χ1v) is 5.47. The molecule has 0 saturated carbocycles. The van der Waals surface area contributed by atoms with Crippen molar-refractivity contribution in [2.75, 3.05) is 13.1 Å². The summed E-state index contributed by atoms with van der Waals surface area (Å²) >= 11 is 0. The smallest absolute Gasteiger partial charge is 0.384 e. The van der Waals surface area contributed by atoms with Gasteiger partial charge in [0.05, 0.1) is 5.60 Å². The molecule has 1 aromatic rings. The largest absolute Gasteiger partial charge is 0.415 e. The topological polar surface area (TPSA) is 52.5 Å². The maximum absolute atomic E-state index is 12.0. The van der Waals surface area contributed by atoms with Gasteiger partial charge in [0.1, 0.15) is 0 Å². The molecule has 0 aliphatic heterocycles. The van der Waals surface area contributed by atoms with Crippen molar-refractivity contribution in [2.24, 2.45) is 0 Å². The van der Waals surface area contributed by atoms with Crippen molar-refractivity contribution in [1.82, 2.24) is 5.32 Å². The van der Waals surface area contributed by atoms with E-state index < -0.39 is 24.4 Å². The monoisotopic (exact) mass is 263 g/mol. The number of alkyl halides is 3. The van der Waals surface area contributed by atoms with Gasteiger partial charge in [-0.1, -0.05) is 30.3 Å². The van der Waals surface area contributed by atoms with Crippen LogP contribution >= 0.6 is 0 Å². The van der Waals surface area contributed by atoms with E-state index in [1.165, 1.54) is 6.92 Å². The van der Waals surface area contributed by atoms with Crippen LogP contribution in [0.3, 0.4) is 0 Å². The van der Waals surface area contributed by atoms with Crippen molar-refractivity contribution in [1.29, 1.82) is 0 Å². The van der Waals surface area contributed by atoms with E-state index in [2.05, 4.69) is 5.32 Å². The van der Waals surface area contributed by atoms with Gasteiger partial charge in [0.2, 0.25) is 0 Å². The summed E-state index contributed by atoms with van der Waals surface area (Å²) in [6.07, 6.45) is -7.07. The molecule has 0 spiro atoms. The van der Waals surface area contributed by atoms with Crippen molar-refractivity contribution in [2.45, 2.75) is 24.8 Å². The van der Waals surface area contributed by atoms with E-state index in [4.69, 9.17) is 5.11 Å². The molecule has 18 heavy (non-hydrogen) atoms. The first-order valence-electron chi connectivity index (χ1n) is 5.47. The van der Waals surface area contributed by atoms with Gasteiger partial charge in [0, 0.05) is 13.1 Å². The molecule has 0 bridgehead atoms. The van der Waals surface area contributed by atoms with Crippen molar-refractivity contribution in [3.05, 3.63) is 35.9 Å². The van der Waals surface area contributed by atoms with Crippen LogP contribution < -0.4 is 5.32 Å². The Kier molecular flexibility index (Phi) is 4.72. The Bertz CT molecular complexity index is 365. The minimum absolute atomic E-state index is 0.0792. The van der Waals surface area contributed by atoms with E-state index in [0.717, 1.165) is 0 Å². The zero-order valence-electron chi connectivity index (χ0n) is 9.91. The lowest BCUT2D eigenvalue weighted by molar-refractivity contribution is -0.202. The van der Waals surface area contributed by atoms with Crippen LogP contribution in [-0.4, -0.2) is 35.6 Å². The zero-order valence-corrected chi connectivity index (χ0v) is 9.91. The number of halogens is 3. The Labute approximate surface area is 103 Å². The van der Waals surface area contributed by atoms with Gasteiger partial charge in [-0.3, -0.25) is 0 Å². The molecule has 102 valence electrons. The van der Waals surface area contributed by atoms with Gasteiger partial charge in [-0.2, -0.15) is 13.2 Å². The van der Waals surface area contributed by atoms with E-state index in [0.29, 0.717) is 5.56 Å². The highest BCUT2D eigenvalue weighted by molar-refractivity contribution is 5.21. The second-order valence-electron chi connectivity index (χ2n) is 4.33. The molecule has 0 fully saturated rings. The summed E-state index contributed by atoms with van der Waals surface area (Å²) in [5.74, 6) is 0. The zero-order chi connectivity index (χ0) is 13.8. The molecule has 1 rings (SSSR count). The number of aliphatic hydroxyl groups is 2. The molecule has 1 aromatic carbocycles. The fourth-order valence-corrected chi connectivity index (χ4v) is 1.47. The number of hydrogen-bond acceptors (Lipinski definition) is 3. The lowest BCUT2D eigenvalue weighted by atomic mass is 9.96. The average Bonchev–Trinajstić information content (AvgIpc) is 2.28. The Morgan fingerprint density at radius 3 is 2.28 bits per heavy atom. The predicted molar refractivity (Wildman–Crippen MR) is 60.9 cm³/mol. The molecule has 2 unspecified atom stereocenters. The summed E-state index contributed by atoms with van der Waals surface area (Å²) in [4.78, 5) is 0. The van der Waals surface area contributed by atoms with Crippen LogP contribution in [0.15, 0.2) is 30.3 Å². The Morgan fingerprint density at radius 1 is 1.22 bits per heavy atom. The molecule has 6 heteroatoms. The summed E-state index contributed by atoms with van der Waals surface area (Å²) in [7, 11) is 0. The van der Waals surface area contributed by atoms with Crippen molar-refractivity contribution < 1.29 is 23.4 Å². The van der Waals surface area contributed by atoms with Crippen LogP contribution in [0.2, 0.25) is 0 Å². The van der Waals surface area contributed by atoms with E-state index in [9.17, 15) is 18.3 Å². The minimum atomic E-state index is -4.65. The van der Waals surface area contributed by atoms with Crippen molar-refractivity contribution in [3.63, 3.8) is 0 Å². The lowest BCUT2D eigenvalue weighted by Gasteiger charge is -2.25. The van der Waals surface area contributed by atoms with Gasteiger partial charge in [-0.05, 0) is 12.5 Å². The maximum Gasteiger partial charge on any atom is 0.415 e. The molecule has 0 saturated heterocycles. The third-order valence-corrected chi connectivity index (χ3v) is 2.58. The fraction of sp³-hybridized carbons (Fsp3) is 0.500. The van der Waals surface area contributed by atoms with Crippen LogP contribution in [0.1, 0.15) is 12.5 Å². The highest BCUT2D eigenvalue weighted by Gasteiger charge is 2.38. The van der Waals surface area contributed by atoms with Crippen molar-refractivity contribution >= 4 is 0 Å². The van der Waals surface area contributed by atoms with E-state index in [1.54, 1.807) is 30.3 Å². The molecule has 0 aliphatic rings. The molecule has 0 amide bonds. The van der Waals surface area contributed by atoms with E-state index >= 15 is 0 Å². The standard InChI is InChI=1S/C12H16F3NO2/c1-11(18,9-5-3-2-4-6-9)8-16-7-10(17)12(13,14)15/h2-6,10,16-18H,7-8H2,1H3. The molecular weight excluding hydrogens is 247 g/mol. The van der Waals surface area contributed by atoms with Crippen LogP contribution in [0.5, 0.6) is 0 Å². The van der Waals surface area contributed by atoms with E-state index in [-0.39, 0.29) is 6.54 Å². The van der Waals surface area contributed by atoms with E-state index in [1.807, 2.05) is 0 Å². The number of nitrogens with one attached hydrogen (secondary N) is 1. The summed E-state index contributed by atoms with van der Waals surface area (Å²) in [6, 6.07) is 8.60. The summed E-state index contributed by atoms with van der Waals surface area (Å²) in [6.45, 7) is 0.770. The maximum atomic E-state index is 12.0. The number of rotatable bonds is 5. The number of benzene rings is 1. The predicted octanol–water partition coefficient (Wildman–Crippen LogP) is 1.41. The molecule has 3 N–H and O–H groups in total. The van der Waals surface area contributed by atoms with Gasteiger partial charge < -0.3 is 15.5 Å². The molecule has 2 atom stereocenters. The number of aliphatic hydroxyl groups excluding tert-OH is 1. The van der Waals surface area contributed by atoms with Gasteiger partial charge in [0.25, 0.3) is 0 Å². The second-order valence-corrected chi connectivity index (χ2v) is 4.33. The second kappa shape index (κ2) is 5.69. The molecule has 0 heterocycles. The first-order chi connectivity index (χ1) is 8.23. The number of hydrogen-bond donors (Lipinski definition) is 3. The Balaban J connectivity index is 2.49. The molecule has 0 radical (unpaired) electrons. The summed E-state index contributed by atoms with van der Waals surface area (Å²) in [5, 5.41) is 21.3. The van der Waals surface area contributed by atoms with Crippen LogP contribution in [0.25, 0.3) is 0 Å². The van der Waals surface area contributed by atoms with Crippen LogP contribution in [0.4, 0.5) is 13.2 Å². The minimum Gasteiger partial charge on any atom is -0.384 e. The third-order valence-electron chi connectivity index (χ3n) is 2.58. The highest BCUT2D eigenvalue weighted by atomic mass is 19.4. The quantitative estimate of drug-likeness (QED) is 0.753. The Hall–Kier alpha value is -1.11. The first kappa shape index (κ1) is 14.9.